The second kappa shape index (κ2) is 6.65. The molecule has 18 heavy (non-hydrogen) atoms. The van der Waals surface area contributed by atoms with Gasteiger partial charge in [-0.3, -0.25) is 4.79 Å². The number of nitrogens with one attached hydrogen (secondary N) is 1. The quantitative estimate of drug-likeness (QED) is 0.867. The van der Waals surface area contributed by atoms with Crippen molar-refractivity contribution in [2.24, 2.45) is 0 Å². The molecular weight excluding hydrogens is 278 g/mol. The van der Waals surface area contributed by atoms with Crippen molar-refractivity contribution in [1.82, 2.24) is 4.90 Å². The van der Waals surface area contributed by atoms with Crippen LogP contribution in [0.1, 0.15) is 0 Å². The van der Waals surface area contributed by atoms with Crippen LogP contribution in [0, 0.1) is 11.6 Å². The molecule has 0 saturated heterocycles. The van der Waals surface area contributed by atoms with E-state index in [4.69, 9.17) is 12.2 Å². The molecule has 0 saturated carbocycles. The van der Waals surface area contributed by atoms with Gasteiger partial charge >= 0.3 is 0 Å². The van der Waals surface area contributed by atoms with Gasteiger partial charge in [0.2, 0.25) is 5.91 Å². The first kappa shape index (κ1) is 14.8. The summed E-state index contributed by atoms with van der Waals surface area (Å²) in [4.78, 5) is 13.2. The molecule has 7 heteroatoms. The van der Waals surface area contributed by atoms with Crippen molar-refractivity contribution in [2.75, 3.05) is 25.2 Å². The third-order valence-electron chi connectivity index (χ3n) is 1.90. The second-order valence-corrected chi connectivity index (χ2v) is 5.23. The van der Waals surface area contributed by atoms with E-state index >= 15 is 0 Å². The van der Waals surface area contributed by atoms with E-state index < -0.39 is 17.5 Å². The Morgan fingerprint density at radius 3 is 2.67 bits per heavy atom. The molecule has 0 atom stereocenters. The molecule has 0 aliphatic rings. The van der Waals surface area contributed by atoms with Crippen molar-refractivity contribution in [3.05, 3.63) is 29.8 Å². The van der Waals surface area contributed by atoms with Crippen LogP contribution in [0.4, 0.5) is 14.5 Å². The summed E-state index contributed by atoms with van der Waals surface area (Å²) in [5.74, 6) is -1.81. The molecule has 1 N–H and O–H groups in total. The number of benzene rings is 1. The standard InChI is InChI=1S/C11H12F2N2OS2/c1-15(2)11(17)18-6-10(16)14-9-4-3-7(12)5-8(9)13/h3-5H,6H2,1-2H3,(H,14,16). The number of hydrogen-bond acceptors (Lipinski definition) is 3. The van der Waals surface area contributed by atoms with Gasteiger partial charge in [-0.25, -0.2) is 8.78 Å². The number of hydrogen-bond donors (Lipinski definition) is 1. The number of thioether (sulfide) groups is 1. The van der Waals surface area contributed by atoms with Crippen LogP contribution in [0.3, 0.4) is 0 Å². The Morgan fingerprint density at radius 2 is 2.11 bits per heavy atom. The van der Waals surface area contributed by atoms with Gasteiger partial charge in [-0.15, -0.1) is 0 Å². The van der Waals surface area contributed by atoms with Crippen molar-refractivity contribution >= 4 is 39.9 Å². The average Bonchev–Trinajstić information content (AvgIpc) is 2.29. The zero-order valence-electron chi connectivity index (χ0n) is 9.87. The van der Waals surface area contributed by atoms with Gasteiger partial charge in [-0.1, -0.05) is 24.0 Å². The fourth-order valence-corrected chi connectivity index (χ4v) is 1.80. The van der Waals surface area contributed by atoms with Crippen LogP contribution in [0.2, 0.25) is 0 Å². The van der Waals surface area contributed by atoms with E-state index in [0.29, 0.717) is 10.4 Å². The first-order chi connectivity index (χ1) is 8.40. The lowest BCUT2D eigenvalue weighted by atomic mass is 10.3. The summed E-state index contributed by atoms with van der Waals surface area (Å²) in [5, 5.41) is 2.35. The van der Waals surface area contributed by atoms with Gasteiger partial charge < -0.3 is 10.2 Å². The SMILES string of the molecule is CN(C)C(=S)SCC(=O)Nc1ccc(F)cc1F. The Balaban J connectivity index is 2.52. The minimum atomic E-state index is -0.802. The molecule has 0 unspecified atom stereocenters. The van der Waals surface area contributed by atoms with Crippen LogP contribution in [0.25, 0.3) is 0 Å². The Kier molecular flexibility index (Phi) is 5.49. The summed E-state index contributed by atoms with van der Waals surface area (Å²) >= 11 is 6.16. The minimum absolute atomic E-state index is 0.0437. The van der Waals surface area contributed by atoms with Gasteiger partial charge in [0, 0.05) is 20.2 Å². The van der Waals surface area contributed by atoms with Crippen LogP contribution in [0.5, 0.6) is 0 Å². The highest BCUT2D eigenvalue weighted by Gasteiger charge is 2.09. The van der Waals surface area contributed by atoms with Gasteiger partial charge in [0.05, 0.1) is 11.4 Å². The molecule has 0 spiro atoms. The van der Waals surface area contributed by atoms with Gasteiger partial charge in [0.25, 0.3) is 0 Å². The van der Waals surface area contributed by atoms with E-state index in [-0.39, 0.29) is 11.4 Å². The fourth-order valence-electron chi connectivity index (χ4n) is 1.03. The monoisotopic (exact) mass is 290 g/mol. The molecule has 0 fully saturated rings. The van der Waals surface area contributed by atoms with Crippen molar-refractivity contribution in [3.8, 4) is 0 Å². The highest BCUT2D eigenvalue weighted by molar-refractivity contribution is 8.23. The lowest BCUT2D eigenvalue weighted by Crippen LogP contribution is -2.21. The number of amides is 1. The number of halogens is 2. The van der Waals surface area contributed by atoms with E-state index in [9.17, 15) is 13.6 Å². The maximum atomic E-state index is 13.2. The van der Waals surface area contributed by atoms with E-state index in [1.165, 1.54) is 17.8 Å². The largest absolute Gasteiger partial charge is 0.364 e. The Hall–Kier alpha value is -1.21. The Labute approximate surface area is 114 Å². The smallest absolute Gasteiger partial charge is 0.234 e. The van der Waals surface area contributed by atoms with Crippen molar-refractivity contribution in [3.63, 3.8) is 0 Å². The number of thiocarbonyl (C=S) groups is 1. The molecule has 98 valence electrons. The molecular formula is C11H12F2N2OS2. The Morgan fingerprint density at radius 1 is 1.44 bits per heavy atom. The van der Waals surface area contributed by atoms with E-state index in [1.54, 1.807) is 19.0 Å². The summed E-state index contributed by atoms with van der Waals surface area (Å²) in [7, 11) is 3.54. The second-order valence-electron chi connectivity index (χ2n) is 3.62. The summed E-state index contributed by atoms with van der Waals surface area (Å²) < 4.78 is 26.5. The number of nitrogens with zero attached hydrogens (tertiary/aromatic N) is 1. The Bertz CT molecular complexity index is 466. The zero-order valence-corrected chi connectivity index (χ0v) is 11.5. The summed E-state index contributed by atoms with van der Waals surface area (Å²) in [6.45, 7) is 0. The maximum Gasteiger partial charge on any atom is 0.234 e. The lowest BCUT2D eigenvalue weighted by Gasteiger charge is -2.12. The van der Waals surface area contributed by atoms with Crippen LogP contribution in [-0.4, -0.2) is 35.0 Å². The predicted molar refractivity (Wildman–Crippen MR) is 73.7 cm³/mol. The van der Waals surface area contributed by atoms with Gasteiger partial charge in [0.15, 0.2) is 0 Å². The highest BCUT2D eigenvalue weighted by Crippen LogP contribution is 2.15. The summed E-state index contributed by atoms with van der Waals surface area (Å²) in [6.07, 6.45) is 0. The topological polar surface area (TPSA) is 32.3 Å². The minimum Gasteiger partial charge on any atom is -0.364 e. The van der Waals surface area contributed by atoms with Crippen LogP contribution in [-0.2, 0) is 4.79 Å². The average molecular weight is 290 g/mol. The van der Waals surface area contributed by atoms with Gasteiger partial charge in [-0.2, -0.15) is 0 Å². The zero-order chi connectivity index (χ0) is 13.7. The molecule has 0 radical (unpaired) electrons. The maximum absolute atomic E-state index is 13.2. The van der Waals surface area contributed by atoms with E-state index in [1.807, 2.05) is 0 Å². The molecule has 1 aromatic rings. The molecule has 0 aliphatic heterocycles. The van der Waals surface area contributed by atoms with Crippen LogP contribution < -0.4 is 5.32 Å². The van der Waals surface area contributed by atoms with E-state index in [0.717, 1.165) is 6.07 Å². The number of carbonyl (C=O) groups excluding carboxylic acids is 1. The van der Waals surface area contributed by atoms with Crippen molar-refractivity contribution < 1.29 is 13.6 Å². The molecule has 1 rings (SSSR count). The van der Waals surface area contributed by atoms with Crippen molar-refractivity contribution in [1.29, 1.82) is 0 Å². The number of rotatable bonds is 3. The summed E-state index contributed by atoms with van der Waals surface area (Å²) in [6, 6.07) is 2.97. The van der Waals surface area contributed by atoms with Gasteiger partial charge in [0.1, 0.15) is 16.0 Å². The van der Waals surface area contributed by atoms with Crippen LogP contribution in [0.15, 0.2) is 18.2 Å². The third-order valence-corrected chi connectivity index (χ3v) is 3.63. The van der Waals surface area contributed by atoms with Crippen LogP contribution >= 0.6 is 24.0 Å². The highest BCUT2D eigenvalue weighted by atomic mass is 32.2. The van der Waals surface area contributed by atoms with E-state index in [2.05, 4.69) is 5.32 Å². The molecule has 1 aromatic carbocycles. The molecule has 0 bridgehead atoms. The third kappa shape index (κ3) is 4.58. The lowest BCUT2D eigenvalue weighted by molar-refractivity contribution is -0.113. The molecule has 0 aliphatic carbocycles. The normalized spacial score (nSPS) is 10.0. The molecule has 0 heterocycles. The first-order valence-corrected chi connectivity index (χ1v) is 6.38. The van der Waals surface area contributed by atoms with Crippen molar-refractivity contribution in [2.45, 2.75) is 0 Å². The number of anilines is 1. The molecule has 3 nitrogen and oxygen atoms in total. The summed E-state index contributed by atoms with van der Waals surface area (Å²) in [5.41, 5.74) is -0.0437. The molecule has 1 amide bonds. The first-order valence-electron chi connectivity index (χ1n) is 4.99. The molecule has 0 aromatic heterocycles. The predicted octanol–water partition coefficient (Wildman–Crippen LogP) is 2.48. The number of carbonyl (C=O) groups is 1. The fraction of sp³-hybridized carbons (Fsp3) is 0.273. The van der Waals surface area contributed by atoms with Gasteiger partial charge in [-0.05, 0) is 12.1 Å².